The molecule has 1 N–H and O–H groups in total. The number of hydrogen-bond acceptors (Lipinski definition) is 4. The van der Waals surface area contributed by atoms with E-state index in [4.69, 9.17) is 0 Å². The highest BCUT2D eigenvalue weighted by molar-refractivity contribution is 7.89. The zero-order valence-electron chi connectivity index (χ0n) is 9.58. The molecule has 5 nitrogen and oxygen atoms in total. The van der Waals surface area contributed by atoms with Gasteiger partial charge in [0, 0.05) is 13.0 Å². The van der Waals surface area contributed by atoms with Crippen LogP contribution in [0.4, 0.5) is 0 Å². The van der Waals surface area contributed by atoms with Gasteiger partial charge in [-0.25, -0.2) is 13.1 Å². The van der Waals surface area contributed by atoms with Crippen LogP contribution >= 0.6 is 0 Å². The van der Waals surface area contributed by atoms with Gasteiger partial charge in [-0.3, -0.25) is 4.79 Å². The fraction of sp³-hybridized carbons (Fsp3) is 0.700. The minimum Gasteiger partial charge on any atom is -0.466 e. The van der Waals surface area contributed by atoms with Gasteiger partial charge in [-0.2, -0.15) is 0 Å². The summed E-state index contributed by atoms with van der Waals surface area (Å²) in [6.07, 6.45) is 0.345. The first-order chi connectivity index (χ1) is 7.52. The van der Waals surface area contributed by atoms with Crippen molar-refractivity contribution in [2.75, 3.05) is 18.9 Å². The first-order valence-corrected chi connectivity index (χ1v) is 6.69. The molecule has 0 aromatic rings. The molecule has 0 radical (unpaired) electrons. The van der Waals surface area contributed by atoms with Crippen LogP contribution in [-0.4, -0.2) is 33.3 Å². The second-order valence-electron chi connectivity index (χ2n) is 2.95. The van der Waals surface area contributed by atoms with Crippen molar-refractivity contribution in [1.29, 1.82) is 0 Å². The van der Waals surface area contributed by atoms with Crippen molar-refractivity contribution in [3.63, 3.8) is 0 Å². The molecule has 0 fully saturated rings. The molecule has 0 heterocycles. The third-order valence-electron chi connectivity index (χ3n) is 1.63. The van der Waals surface area contributed by atoms with E-state index in [9.17, 15) is 13.2 Å². The van der Waals surface area contributed by atoms with Gasteiger partial charge < -0.3 is 4.74 Å². The number of carbonyl (C=O) groups excluding carboxylic acids is 1. The summed E-state index contributed by atoms with van der Waals surface area (Å²) in [5.74, 6) is 4.66. The molecule has 0 saturated carbocycles. The molecule has 0 aliphatic heterocycles. The Morgan fingerprint density at radius 3 is 2.69 bits per heavy atom. The predicted molar refractivity (Wildman–Crippen MR) is 61.1 cm³/mol. The Hall–Kier alpha value is -1.06. The van der Waals surface area contributed by atoms with Crippen molar-refractivity contribution in [3.8, 4) is 11.8 Å². The molecule has 0 rings (SSSR count). The van der Waals surface area contributed by atoms with Crippen LogP contribution in [0, 0.1) is 11.8 Å². The predicted octanol–water partition coefficient (Wildman–Crippen LogP) is 0.272. The second-order valence-corrected chi connectivity index (χ2v) is 4.87. The maximum atomic E-state index is 11.3. The lowest BCUT2D eigenvalue weighted by atomic mass is 10.4. The van der Waals surface area contributed by atoms with Crippen LogP contribution in [-0.2, 0) is 19.6 Å². The van der Waals surface area contributed by atoms with Crippen LogP contribution < -0.4 is 4.72 Å². The summed E-state index contributed by atoms with van der Waals surface area (Å²) in [6, 6.07) is 0. The lowest BCUT2D eigenvalue weighted by molar-refractivity contribution is -0.142. The molecule has 0 saturated heterocycles. The number of hydrogen-bond donors (Lipinski definition) is 1. The Balaban J connectivity index is 3.86. The molecule has 6 heteroatoms. The minimum absolute atomic E-state index is 0.122. The van der Waals surface area contributed by atoms with Gasteiger partial charge in [-0.15, -0.1) is 11.8 Å². The second kappa shape index (κ2) is 8.13. The number of rotatable bonds is 7. The normalized spacial score (nSPS) is 10.4. The van der Waals surface area contributed by atoms with Gasteiger partial charge in [0.05, 0.1) is 18.8 Å². The van der Waals surface area contributed by atoms with Crippen LogP contribution in [0.2, 0.25) is 0 Å². The van der Waals surface area contributed by atoms with E-state index in [1.807, 2.05) is 0 Å². The Labute approximate surface area is 96.6 Å². The average Bonchev–Trinajstić information content (AvgIpc) is 2.22. The fourth-order valence-electron chi connectivity index (χ4n) is 0.917. The summed E-state index contributed by atoms with van der Waals surface area (Å²) >= 11 is 0. The molecule has 0 spiro atoms. The fourth-order valence-corrected chi connectivity index (χ4v) is 1.91. The number of nitrogens with one attached hydrogen (secondary N) is 1. The SMILES string of the molecule is CC#CCCNS(=O)(=O)CCC(=O)OCC. The summed E-state index contributed by atoms with van der Waals surface area (Å²) in [6.45, 7) is 3.90. The smallest absolute Gasteiger partial charge is 0.306 e. The summed E-state index contributed by atoms with van der Waals surface area (Å²) < 4.78 is 29.7. The zero-order valence-corrected chi connectivity index (χ0v) is 10.4. The number of sulfonamides is 1. The van der Waals surface area contributed by atoms with Gasteiger partial charge in [0.2, 0.25) is 10.0 Å². The summed E-state index contributed by atoms with van der Waals surface area (Å²) in [5, 5.41) is 0. The van der Waals surface area contributed by atoms with Gasteiger partial charge in [-0.1, -0.05) is 0 Å². The van der Waals surface area contributed by atoms with E-state index >= 15 is 0 Å². The van der Waals surface area contributed by atoms with Crippen molar-refractivity contribution < 1.29 is 17.9 Å². The molecule has 0 atom stereocenters. The first-order valence-electron chi connectivity index (χ1n) is 5.04. The highest BCUT2D eigenvalue weighted by atomic mass is 32.2. The van der Waals surface area contributed by atoms with Crippen LogP contribution in [0.3, 0.4) is 0 Å². The van der Waals surface area contributed by atoms with E-state index in [1.54, 1.807) is 13.8 Å². The van der Waals surface area contributed by atoms with Crippen molar-refractivity contribution in [1.82, 2.24) is 4.72 Å². The molecule has 0 amide bonds. The van der Waals surface area contributed by atoms with Crippen molar-refractivity contribution in [3.05, 3.63) is 0 Å². The number of carbonyl (C=O) groups is 1. The molecule has 16 heavy (non-hydrogen) atoms. The van der Waals surface area contributed by atoms with E-state index in [0.717, 1.165) is 0 Å². The van der Waals surface area contributed by atoms with Crippen molar-refractivity contribution in [2.24, 2.45) is 0 Å². The Morgan fingerprint density at radius 2 is 2.12 bits per heavy atom. The highest BCUT2D eigenvalue weighted by Crippen LogP contribution is 1.93. The summed E-state index contributed by atoms with van der Waals surface area (Å²) in [4.78, 5) is 10.9. The maximum Gasteiger partial charge on any atom is 0.306 e. The van der Waals surface area contributed by atoms with Crippen LogP contribution in [0.1, 0.15) is 26.7 Å². The topological polar surface area (TPSA) is 72.5 Å². The molecular formula is C10H17NO4S. The lowest BCUT2D eigenvalue weighted by Gasteiger charge is -2.04. The molecule has 0 aliphatic carbocycles. The van der Waals surface area contributed by atoms with Crippen LogP contribution in [0.5, 0.6) is 0 Å². The number of ether oxygens (including phenoxy) is 1. The molecule has 0 bridgehead atoms. The van der Waals surface area contributed by atoms with Gasteiger partial charge in [0.25, 0.3) is 0 Å². The molecule has 92 valence electrons. The third kappa shape index (κ3) is 8.26. The maximum absolute atomic E-state index is 11.3. The van der Waals surface area contributed by atoms with Crippen LogP contribution in [0.15, 0.2) is 0 Å². The van der Waals surface area contributed by atoms with Crippen molar-refractivity contribution in [2.45, 2.75) is 26.7 Å². The first kappa shape index (κ1) is 14.9. The zero-order chi connectivity index (χ0) is 12.4. The van der Waals surface area contributed by atoms with Gasteiger partial charge >= 0.3 is 5.97 Å². The average molecular weight is 247 g/mol. The molecule has 0 aromatic heterocycles. The standard InChI is InChI=1S/C10H17NO4S/c1-3-5-6-8-11-16(13,14)9-7-10(12)15-4-2/h11H,4,6-9H2,1-2H3. The van der Waals surface area contributed by atoms with E-state index in [-0.39, 0.29) is 25.3 Å². The molecular weight excluding hydrogens is 230 g/mol. The summed E-state index contributed by atoms with van der Waals surface area (Å²) in [5.41, 5.74) is 0. The van der Waals surface area contributed by atoms with E-state index < -0.39 is 16.0 Å². The molecule has 0 aliphatic rings. The monoisotopic (exact) mass is 247 g/mol. The Kier molecular flexibility index (Phi) is 7.60. The lowest BCUT2D eigenvalue weighted by Crippen LogP contribution is -2.28. The van der Waals surface area contributed by atoms with E-state index in [0.29, 0.717) is 6.42 Å². The van der Waals surface area contributed by atoms with Crippen LogP contribution in [0.25, 0.3) is 0 Å². The van der Waals surface area contributed by atoms with Gasteiger partial charge in [-0.05, 0) is 13.8 Å². The van der Waals surface area contributed by atoms with E-state index in [2.05, 4.69) is 21.3 Å². The minimum atomic E-state index is -3.39. The van der Waals surface area contributed by atoms with Crippen molar-refractivity contribution >= 4 is 16.0 Å². The molecule has 0 unspecified atom stereocenters. The quantitative estimate of drug-likeness (QED) is 0.398. The van der Waals surface area contributed by atoms with E-state index in [1.165, 1.54) is 0 Å². The largest absolute Gasteiger partial charge is 0.466 e. The summed E-state index contributed by atoms with van der Waals surface area (Å²) in [7, 11) is -3.39. The Morgan fingerprint density at radius 1 is 1.44 bits per heavy atom. The Bertz CT molecular complexity index is 364. The van der Waals surface area contributed by atoms with Gasteiger partial charge in [0.1, 0.15) is 0 Å². The molecule has 0 aromatic carbocycles. The van der Waals surface area contributed by atoms with Gasteiger partial charge in [0.15, 0.2) is 0 Å². The third-order valence-corrected chi connectivity index (χ3v) is 3.01. The number of esters is 1. The highest BCUT2D eigenvalue weighted by Gasteiger charge is 2.12.